The normalized spacial score (nSPS) is 11.9. The third-order valence-electron chi connectivity index (χ3n) is 4.62. The molecule has 0 aromatic carbocycles. The van der Waals surface area contributed by atoms with Gasteiger partial charge in [-0.2, -0.15) is 0 Å². The molecule has 0 aromatic heterocycles. The van der Waals surface area contributed by atoms with Crippen molar-refractivity contribution in [1.29, 1.82) is 0 Å². The summed E-state index contributed by atoms with van der Waals surface area (Å²) in [6.07, 6.45) is 17.0. The van der Waals surface area contributed by atoms with Crippen LogP contribution in [0.1, 0.15) is 110 Å². The molecule has 152 valence electrons. The molecule has 4 nitrogen and oxygen atoms in total. The SMILES string of the molecule is C=CCCCCCCCCC(=O)OC(CCCCCCCC)CC(=O)O. The van der Waals surface area contributed by atoms with Gasteiger partial charge in [0.1, 0.15) is 6.10 Å². The van der Waals surface area contributed by atoms with E-state index in [1.165, 1.54) is 44.9 Å². The van der Waals surface area contributed by atoms with E-state index in [0.29, 0.717) is 12.8 Å². The first kappa shape index (κ1) is 24.7. The molecule has 0 amide bonds. The average Bonchev–Trinajstić information content (AvgIpc) is 2.59. The monoisotopic (exact) mass is 368 g/mol. The second kappa shape index (κ2) is 18.5. The molecule has 26 heavy (non-hydrogen) atoms. The van der Waals surface area contributed by atoms with Gasteiger partial charge in [-0.3, -0.25) is 9.59 Å². The number of hydrogen-bond donors (Lipinski definition) is 1. The molecule has 1 unspecified atom stereocenters. The molecule has 0 saturated heterocycles. The minimum absolute atomic E-state index is 0.0794. The van der Waals surface area contributed by atoms with E-state index in [4.69, 9.17) is 9.84 Å². The Hall–Kier alpha value is -1.32. The van der Waals surface area contributed by atoms with Gasteiger partial charge >= 0.3 is 11.9 Å². The molecule has 0 saturated carbocycles. The predicted octanol–water partition coefficient (Wildman–Crippen LogP) is 6.43. The van der Waals surface area contributed by atoms with Gasteiger partial charge in [-0.1, -0.05) is 70.8 Å². The molecule has 0 heterocycles. The first-order valence-corrected chi connectivity index (χ1v) is 10.6. The summed E-state index contributed by atoms with van der Waals surface area (Å²) < 4.78 is 5.42. The highest BCUT2D eigenvalue weighted by Gasteiger charge is 2.17. The number of ether oxygens (including phenoxy) is 1. The van der Waals surface area contributed by atoms with Crippen LogP contribution in [0.3, 0.4) is 0 Å². The van der Waals surface area contributed by atoms with E-state index in [-0.39, 0.29) is 12.4 Å². The summed E-state index contributed by atoms with van der Waals surface area (Å²) in [6.45, 7) is 5.90. The molecule has 0 fully saturated rings. The maximum Gasteiger partial charge on any atom is 0.307 e. The van der Waals surface area contributed by atoms with E-state index in [1.807, 2.05) is 6.08 Å². The van der Waals surface area contributed by atoms with Crippen LogP contribution in [-0.2, 0) is 14.3 Å². The second-order valence-electron chi connectivity index (χ2n) is 7.21. The summed E-state index contributed by atoms with van der Waals surface area (Å²) in [5.41, 5.74) is 0. The quantitative estimate of drug-likeness (QED) is 0.162. The van der Waals surface area contributed by atoms with Gasteiger partial charge in [0.25, 0.3) is 0 Å². The predicted molar refractivity (Wildman–Crippen MR) is 107 cm³/mol. The lowest BCUT2D eigenvalue weighted by molar-refractivity contribution is -0.153. The van der Waals surface area contributed by atoms with Crippen LogP contribution < -0.4 is 0 Å². The van der Waals surface area contributed by atoms with Crippen LogP contribution in [0.2, 0.25) is 0 Å². The smallest absolute Gasteiger partial charge is 0.307 e. The maximum absolute atomic E-state index is 12.0. The van der Waals surface area contributed by atoms with Crippen molar-refractivity contribution in [3.8, 4) is 0 Å². The van der Waals surface area contributed by atoms with Crippen LogP contribution in [0.25, 0.3) is 0 Å². The molecular weight excluding hydrogens is 328 g/mol. The molecule has 0 spiro atoms. The summed E-state index contributed by atoms with van der Waals surface area (Å²) in [7, 11) is 0. The molecule has 0 rings (SSSR count). The topological polar surface area (TPSA) is 63.6 Å². The highest BCUT2D eigenvalue weighted by molar-refractivity contribution is 5.71. The Morgan fingerprint density at radius 3 is 2.12 bits per heavy atom. The number of carbonyl (C=O) groups excluding carboxylic acids is 1. The van der Waals surface area contributed by atoms with Crippen LogP contribution in [0, 0.1) is 0 Å². The van der Waals surface area contributed by atoms with E-state index in [9.17, 15) is 9.59 Å². The van der Waals surface area contributed by atoms with Crippen molar-refractivity contribution in [1.82, 2.24) is 0 Å². The molecule has 1 N–H and O–H groups in total. The van der Waals surface area contributed by atoms with Gasteiger partial charge in [-0.25, -0.2) is 0 Å². The van der Waals surface area contributed by atoms with Gasteiger partial charge in [0.15, 0.2) is 0 Å². The van der Waals surface area contributed by atoms with Crippen molar-refractivity contribution in [3.05, 3.63) is 12.7 Å². The number of carbonyl (C=O) groups is 2. The van der Waals surface area contributed by atoms with E-state index < -0.39 is 12.1 Å². The van der Waals surface area contributed by atoms with Gasteiger partial charge in [0.2, 0.25) is 0 Å². The zero-order chi connectivity index (χ0) is 19.5. The lowest BCUT2D eigenvalue weighted by atomic mass is 10.1. The largest absolute Gasteiger partial charge is 0.481 e. The van der Waals surface area contributed by atoms with E-state index in [1.54, 1.807) is 0 Å². The van der Waals surface area contributed by atoms with Gasteiger partial charge in [-0.05, 0) is 32.1 Å². The Morgan fingerprint density at radius 1 is 0.923 bits per heavy atom. The Morgan fingerprint density at radius 2 is 1.50 bits per heavy atom. The molecule has 0 radical (unpaired) electrons. The molecule has 0 aliphatic rings. The lowest BCUT2D eigenvalue weighted by Crippen LogP contribution is -2.21. The fraction of sp³-hybridized carbons (Fsp3) is 0.818. The number of esters is 1. The summed E-state index contributed by atoms with van der Waals surface area (Å²) in [4.78, 5) is 22.9. The first-order valence-electron chi connectivity index (χ1n) is 10.6. The highest BCUT2D eigenvalue weighted by atomic mass is 16.5. The second-order valence-corrected chi connectivity index (χ2v) is 7.21. The minimum Gasteiger partial charge on any atom is -0.481 e. The van der Waals surface area contributed by atoms with E-state index in [0.717, 1.165) is 38.5 Å². The van der Waals surface area contributed by atoms with E-state index in [2.05, 4.69) is 13.5 Å². The fourth-order valence-electron chi connectivity index (χ4n) is 3.06. The third kappa shape index (κ3) is 17.5. The van der Waals surface area contributed by atoms with Crippen LogP contribution in [0.4, 0.5) is 0 Å². The van der Waals surface area contributed by atoms with Gasteiger partial charge in [0, 0.05) is 6.42 Å². The Bertz CT molecular complexity index is 365. The molecule has 0 aliphatic heterocycles. The number of carboxylic acids is 1. The van der Waals surface area contributed by atoms with Crippen molar-refractivity contribution in [2.75, 3.05) is 0 Å². The number of allylic oxidation sites excluding steroid dienone is 1. The van der Waals surface area contributed by atoms with Crippen molar-refractivity contribution in [2.45, 2.75) is 116 Å². The highest BCUT2D eigenvalue weighted by Crippen LogP contribution is 2.15. The van der Waals surface area contributed by atoms with Crippen LogP contribution in [0.15, 0.2) is 12.7 Å². The number of aliphatic carboxylic acids is 1. The van der Waals surface area contributed by atoms with Crippen LogP contribution >= 0.6 is 0 Å². The zero-order valence-corrected chi connectivity index (χ0v) is 16.8. The Balaban J connectivity index is 3.81. The Kier molecular flexibility index (Phi) is 17.5. The molecule has 0 aromatic rings. The van der Waals surface area contributed by atoms with E-state index >= 15 is 0 Å². The lowest BCUT2D eigenvalue weighted by Gasteiger charge is -2.16. The number of unbranched alkanes of at least 4 members (excludes halogenated alkanes) is 11. The van der Waals surface area contributed by atoms with Crippen molar-refractivity contribution in [3.63, 3.8) is 0 Å². The number of carboxylic acid groups (broad SMARTS) is 1. The standard InChI is InChI=1S/C22H40O4/c1-3-5-7-9-11-12-14-16-18-22(25)26-20(19-21(23)24)17-15-13-10-8-6-4-2/h3,20H,1,4-19H2,2H3,(H,23,24). The summed E-state index contributed by atoms with van der Waals surface area (Å²) in [5.74, 6) is -1.14. The third-order valence-corrected chi connectivity index (χ3v) is 4.62. The van der Waals surface area contributed by atoms with Crippen molar-refractivity contribution >= 4 is 11.9 Å². The number of rotatable bonds is 19. The van der Waals surface area contributed by atoms with Gasteiger partial charge in [-0.15, -0.1) is 6.58 Å². The van der Waals surface area contributed by atoms with Gasteiger partial charge in [0.05, 0.1) is 6.42 Å². The van der Waals surface area contributed by atoms with Gasteiger partial charge < -0.3 is 9.84 Å². The molecule has 0 bridgehead atoms. The average molecular weight is 369 g/mol. The van der Waals surface area contributed by atoms with Crippen LogP contribution in [-0.4, -0.2) is 23.1 Å². The molecule has 1 atom stereocenters. The zero-order valence-electron chi connectivity index (χ0n) is 16.8. The minimum atomic E-state index is -0.895. The molecule has 4 heteroatoms. The fourth-order valence-corrected chi connectivity index (χ4v) is 3.06. The summed E-state index contributed by atoms with van der Waals surface area (Å²) >= 11 is 0. The van der Waals surface area contributed by atoms with Crippen LogP contribution in [0.5, 0.6) is 0 Å². The number of hydrogen-bond acceptors (Lipinski definition) is 3. The molecular formula is C22H40O4. The summed E-state index contributed by atoms with van der Waals surface area (Å²) in [5, 5.41) is 9.01. The molecule has 0 aliphatic carbocycles. The summed E-state index contributed by atoms with van der Waals surface area (Å²) in [6, 6.07) is 0. The van der Waals surface area contributed by atoms with Crippen molar-refractivity contribution in [2.24, 2.45) is 0 Å². The van der Waals surface area contributed by atoms with Crippen molar-refractivity contribution < 1.29 is 19.4 Å². The first-order chi connectivity index (χ1) is 12.6. The Labute approximate surface area is 160 Å². The maximum atomic E-state index is 12.0.